The number of hydrogen-bond donors (Lipinski definition) is 6. The van der Waals surface area contributed by atoms with E-state index in [9.17, 15) is 29.4 Å². The predicted molar refractivity (Wildman–Crippen MR) is 109 cm³/mol. The van der Waals surface area contributed by atoms with E-state index in [0.717, 1.165) is 5.56 Å². The zero-order chi connectivity index (χ0) is 22.8. The van der Waals surface area contributed by atoms with Gasteiger partial charge >= 0.3 is 5.97 Å². The van der Waals surface area contributed by atoms with Crippen LogP contribution in [-0.2, 0) is 25.6 Å². The molecule has 0 bridgehead atoms. The molecule has 0 saturated carbocycles. The number of carbonyl (C=O) groups is 4. The van der Waals surface area contributed by atoms with Gasteiger partial charge in [-0.1, -0.05) is 44.2 Å². The Morgan fingerprint density at radius 3 is 1.97 bits per heavy atom. The molecular weight excluding hydrogens is 392 g/mol. The van der Waals surface area contributed by atoms with Gasteiger partial charge in [-0.3, -0.25) is 14.4 Å². The Balaban J connectivity index is 2.68. The summed E-state index contributed by atoms with van der Waals surface area (Å²) in [5.41, 5.74) is 6.44. The molecule has 30 heavy (non-hydrogen) atoms. The predicted octanol–water partition coefficient (Wildman–Crippen LogP) is -1.24. The van der Waals surface area contributed by atoms with Gasteiger partial charge in [-0.2, -0.15) is 0 Å². The maximum absolute atomic E-state index is 12.4. The Kier molecular flexibility index (Phi) is 9.93. The molecule has 3 amide bonds. The van der Waals surface area contributed by atoms with Crippen molar-refractivity contribution in [1.29, 1.82) is 0 Å². The number of benzene rings is 1. The van der Waals surface area contributed by atoms with Gasteiger partial charge in [0.1, 0.15) is 18.1 Å². The first-order valence-electron chi connectivity index (χ1n) is 9.61. The Hall–Kier alpha value is -2.98. The maximum Gasteiger partial charge on any atom is 0.326 e. The molecule has 10 nitrogen and oxygen atoms in total. The van der Waals surface area contributed by atoms with Crippen LogP contribution in [0.3, 0.4) is 0 Å². The first-order valence-corrected chi connectivity index (χ1v) is 9.61. The normalized spacial score (nSPS) is 14.9. The minimum absolute atomic E-state index is 0.0744. The summed E-state index contributed by atoms with van der Waals surface area (Å²) in [6, 6.07) is 4.35. The van der Waals surface area contributed by atoms with Crippen LogP contribution < -0.4 is 21.7 Å². The molecule has 0 aliphatic rings. The molecule has 10 heteroatoms. The SMILES string of the molecule is CC(NC(=O)C(CO)NC(=O)C(N)C(C)C)C(=O)NC(Cc1ccccc1)C(=O)O. The van der Waals surface area contributed by atoms with Crippen LogP contribution in [0.2, 0.25) is 0 Å². The van der Waals surface area contributed by atoms with Crippen LogP contribution in [0, 0.1) is 5.92 Å². The third kappa shape index (κ3) is 7.80. The molecule has 166 valence electrons. The van der Waals surface area contributed by atoms with Crippen molar-refractivity contribution in [2.45, 2.75) is 51.4 Å². The second-order valence-electron chi connectivity index (χ2n) is 7.33. The molecule has 0 spiro atoms. The number of carbonyl (C=O) groups excluding carboxylic acids is 3. The lowest BCUT2D eigenvalue weighted by Crippen LogP contribution is -2.58. The van der Waals surface area contributed by atoms with E-state index in [2.05, 4.69) is 16.0 Å². The van der Waals surface area contributed by atoms with Gasteiger partial charge in [-0.05, 0) is 18.4 Å². The first-order chi connectivity index (χ1) is 14.1. The van der Waals surface area contributed by atoms with Crippen LogP contribution in [0.4, 0.5) is 0 Å². The minimum atomic E-state index is -1.29. The number of nitrogens with one attached hydrogen (secondary N) is 3. The largest absolute Gasteiger partial charge is 0.480 e. The number of hydrogen-bond acceptors (Lipinski definition) is 6. The lowest BCUT2D eigenvalue weighted by molar-refractivity contribution is -0.142. The van der Waals surface area contributed by atoms with Crippen LogP contribution in [0.1, 0.15) is 26.3 Å². The fourth-order valence-corrected chi connectivity index (χ4v) is 2.49. The van der Waals surface area contributed by atoms with E-state index < -0.39 is 54.5 Å². The van der Waals surface area contributed by atoms with E-state index in [4.69, 9.17) is 5.73 Å². The van der Waals surface area contributed by atoms with E-state index in [1.54, 1.807) is 44.2 Å². The van der Waals surface area contributed by atoms with Crippen LogP contribution in [0.15, 0.2) is 30.3 Å². The molecule has 0 aliphatic heterocycles. The van der Waals surface area contributed by atoms with Crippen LogP contribution in [-0.4, -0.2) is 64.7 Å². The van der Waals surface area contributed by atoms with Crippen molar-refractivity contribution in [1.82, 2.24) is 16.0 Å². The summed E-state index contributed by atoms with van der Waals surface area (Å²) in [5, 5.41) is 25.8. The topological polar surface area (TPSA) is 171 Å². The third-order valence-electron chi connectivity index (χ3n) is 4.49. The summed E-state index contributed by atoms with van der Waals surface area (Å²) in [5.74, 6) is -3.50. The molecule has 1 aromatic rings. The summed E-state index contributed by atoms with van der Waals surface area (Å²) >= 11 is 0. The van der Waals surface area contributed by atoms with Gasteiger partial charge in [0.05, 0.1) is 12.6 Å². The number of rotatable bonds is 11. The molecule has 0 radical (unpaired) electrons. The number of nitrogens with two attached hydrogens (primary N) is 1. The van der Waals surface area contributed by atoms with Crippen molar-refractivity contribution in [2.75, 3.05) is 6.61 Å². The summed E-state index contributed by atoms with van der Waals surface area (Å²) in [6.45, 7) is 4.14. The maximum atomic E-state index is 12.4. The number of aliphatic carboxylic acids is 1. The number of aliphatic hydroxyl groups is 1. The summed E-state index contributed by atoms with van der Waals surface area (Å²) in [4.78, 5) is 48.1. The van der Waals surface area contributed by atoms with E-state index in [1.807, 2.05) is 0 Å². The molecule has 0 aliphatic carbocycles. The Bertz CT molecular complexity index is 740. The number of amides is 3. The molecule has 1 rings (SSSR count). The highest BCUT2D eigenvalue weighted by molar-refractivity contribution is 5.94. The standard InChI is InChI=1S/C20H30N4O6/c1-11(2)16(21)19(28)24-15(10-25)18(27)22-12(3)17(26)23-14(20(29)30)9-13-7-5-4-6-8-13/h4-8,11-12,14-16,25H,9-10,21H2,1-3H3,(H,22,27)(H,23,26)(H,24,28)(H,29,30). The fraction of sp³-hybridized carbons (Fsp3) is 0.500. The zero-order valence-corrected chi connectivity index (χ0v) is 17.3. The molecule has 4 atom stereocenters. The summed E-state index contributed by atoms with van der Waals surface area (Å²) in [6.07, 6.45) is 0.0744. The van der Waals surface area contributed by atoms with Crippen LogP contribution >= 0.6 is 0 Å². The lowest BCUT2D eigenvalue weighted by atomic mass is 10.0. The van der Waals surface area contributed by atoms with Gasteiger partial charge in [0, 0.05) is 6.42 Å². The first kappa shape index (κ1) is 25.1. The molecule has 0 aromatic heterocycles. The van der Waals surface area contributed by atoms with Crippen LogP contribution in [0.25, 0.3) is 0 Å². The average molecular weight is 422 g/mol. The van der Waals surface area contributed by atoms with E-state index in [1.165, 1.54) is 6.92 Å². The van der Waals surface area contributed by atoms with Gasteiger partial charge in [-0.25, -0.2) is 4.79 Å². The highest BCUT2D eigenvalue weighted by atomic mass is 16.4. The quantitative estimate of drug-likeness (QED) is 0.259. The molecular formula is C20H30N4O6. The van der Waals surface area contributed by atoms with Gasteiger partial charge in [0.15, 0.2) is 0 Å². The molecule has 1 aromatic carbocycles. The average Bonchev–Trinajstić information content (AvgIpc) is 2.70. The van der Waals surface area contributed by atoms with E-state index >= 15 is 0 Å². The second kappa shape index (κ2) is 11.9. The highest BCUT2D eigenvalue weighted by Crippen LogP contribution is 2.04. The lowest BCUT2D eigenvalue weighted by Gasteiger charge is -2.23. The minimum Gasteiger partial charge on any atom is -0.480 e. The second-order valence-corrected chi connectivity index (χ2v) is 7.33. The van der Waals surface area contributed by atoms with Gasteiger partial charge in [0.25, 0.3) is 0 Å². The summed E-state index contributed by atoms with van der Waals surface area (Å²) in [7, 11) is 0. The third-order valence-corrected chi connectivity index (χ3v) is 4.49. The van der Waals surface area contributed by atoms with Crippen molar-refractivity contribution in [3.63, 3.8) is 0 Å². The summed E-state index contributed by atoms with van der Waals surface area (Å²) < 4.78 is 0. The highest BCUT2D eigenvalue weighted by Gasteiger charge is 2.28. The monoisotopic (exact) mass is 422 g/mol. The van der Waals surface area contributed by atoms with E-state index in [0.29, 0.717) is 0 Å². The Labute approximate surface area is 175 Å². The van der Waals surface area contributed by atoms with E-state index in [-0.39, 0.29) is 12.3 Å². The fourth-order valence-electron chi connectivity index (χ4n) is 2.49. The molecule has 0 fully saturated rings. The number of carboxylic acid groups (broad SMARTS) is 1. The molecule has 0 saturated heterocycles. The molecule has 4 unspecified atom stereocenters. The molecule has 7 N–H and O–H groups in total. The zero-order valence-electron chi connectivity index (χ0n) is 17.3. The van der Waals surface area contributed by atoms with Crippen LogP contribution in [0.5, 0.6) is 0 Å². The van der Waals surface area contributed by atoms with Gasteiger partial charge in [-0.15, -0.1) is 0 Å². The van der Waals surface area contributed by atoms with Crippen molar-refractivity contribution in [3.05, 3.63) is 35.9 Å². The Morgan fingerprint density at radius 2 is 1.47 bits per heavy atom. The Morgan fingerprint density at radius 1 is 0.900 bits per heavy atom. The van der Waals surface area contributed by atoms with Crippen molar-refractivity contribution in [3.8, 4) is 0 Å². The number of aliphatic hydroxyl groups excluding tert-OH is 1. The van der Waals surface area contributed by atoms with Crippen molar-refractivity contribution < 1.29 is 29.4 Å². The van der Waals surface area contributed by atoms with Crippen molar-refractivity contribution in [2.24, 2.45) is 11.7 Å². The van der Waals surface area contributed by atoms with Gasteiger partial charge < -0.3 is 31.9 Å². The molecule has 0 heterocycles. The van der Waals surface area contributed by atoms with Crippen molar-refractivity contribution >= 4 is 23.7 Å². The number of carboxylic acids is 1. The van der Waals surface area contributed by atoms with Gasteiger partial charge in [0.2, 0.25) is 17.7 Å². The smallest absolute Gasteiger partial charge is 0.326 e.